The van der Waals surface area contributed by atoms with Gasteiger partial charge in [0.2, 0.25) is 0 Å². The number of nitrogen functional groups attached to an aromatic ring is 1. The van der Waals surface area contributed by atoms with Crippen molar-refractivity contribution < 1.29 is 0 Å². The summed E-state index contributed by atoms with van der Waals surface area (Å²) in [6.45, 7) is 1.93. The van der Waals surface area contributed by atoms with Gasteiger partial charge in [0.15, 0.2) is 5.82 Å². The second-order valence-corrected chi connectivity index (χ2v) is 3.94. The number of nitrogens with one attached hydrogen (secondary N) is 1. The van der Waals surface area contributed by atoms with Gasteiger partial charge in [0.05, 0.1) is 17.3 Å². The van der Waals surface area contributed by atoms with Crippen molar-refractivity contribution >= 4 is 11.5 Å². The minimum Gasteiger partial charge on any atom is -0.396 e. The van der Waals surface area contributed by atoms with E-state index in [4.69, 9.17) is 11.0 Å². The average Bonchev–Trinajstić information content (AvgIpc) is 2.78. The molecule has 2 rings (SSSR count). The zero-order valence-electron chi connectivity index (χ0n) is 10.1. The summed E-state index contributed by atoms with van der Waals surface area (Å²) in [6, 6.07) is 3.49. The minimum absolute atomic E-state index is 0.0831. The van der Waals surface area contributed by atoms with Crippen LogP contribution < -0.4 is 11.1 Å². The quantitative estimate of drug-likeness (QED) is 0.827. The number of hydrogen-bond acceptors (Lipinski definition) is 6. The maximum atomic E-state index is 8.73. The highest BCUT2D eigenvalue weighted by Gasteiger charge is 2.13. The number of aryl methyl sites for hydroxylation is 1. The fraction of sp³-hybridized carbons (Fsp3) is 0.273. The molecule has 0 aromatic carbocycles. The maximum absolute atomic E-state index is 8.73. The Morgan fingerprint density at radius 1 is 1.56 bits per heavy atom. The predicted octanol–water partition coefficient (Wildman–Crippen LogP) is 0.837. The van der Waals surface area contributed by atoms with E-state index in [1.54, 1.807) is 12.4 Å². The Labute approximate surface area is 104 Å². The van der Waals surface area contributed by atoms with Crippen LogP contribution >= 0.6 is 0 Å². The molecule has 0 aliphatic heterocycles. The lowest BCUT2D eigenvalue weighted by molar-refractivity contribution is 0.717. The fourth-order valence-corrected chi connectivity index (χ4v) is 1.62. The third kappa shape index (κ3) is 2.22. The third-order valence-electron chi connectivity index (χ3n) is 2.53. The first-order valence-electron chi connectivity index (χ1n) is 5.38. The molecular weight excluding hydrogens is 230 g/mol. The molecule has 0 spiro atoms. The molecule has 7 nitrogen and oxygen atoms in total. The number of aromatic nitrogens is 4. The molecule has 2 heterocycles. The molecule has 0 aliphatic carbocycles. The zero-order valence-corrected chi connectivity index (χ0v) is 10.1. The van der Waals surface area contributed by atoms with Gasteiger partial charge in [0.25, 0.3) is 0 Å². The summed E-state index contributed by atoms with van der Waals surface area (Å²) >= 11 is 0. The number of rotatable bonds is 3. The monoisotopic (exact) mass is 243 g/mol. The maximum Gasteiger partial charge on any atom is 0.154 e. The van der Waals surface area contributed by atoms with E-state index < -0.39 is 0 Å². The molecule has 0 radical (unpaired) electrons. The van der Waals surface area contributed by atoms with Gasteiger partial charge in [-0.25, -0.2) is 4.98 Å². The van der Waals surface area contributed by atoms with E-state index >= 15 is 0 Å². The minimum atomic E-state index is -0.0831. The Bertz CT molecular complexity index is 596. The summed E-state index contributed by atoms with van der Waals surface area (Å²) in [5.74, 6) is 1.31. The second kappa shape index (κ2) is 4.71. The molecule has 7 heteroatoms. The molecule has 1 unspecified atom stereocenters. The van der Waals surface area contributed by atoms with Crippen LogP contribution in [0.4, 0.5) is 11.5 Å². The first kappa shape index (κ1) is 11.9. The van der Waals surface area contributed by atoms with Crippen LogP contribution in [0.25, 0.3) is 0 Å². The third-order valence-corrected chi connectivity index (χ3v) is 2.53. The number of hydrogen-bond donors (Lipinski definition) is 2. The van der Waals surface area contributed by atoms with Crippen LogP contribution in [-0.4, -0.2) is 19.7 Å². The average molecular weight is 243 g/mol. The van der Waals surface area contributed by atoms with E-state index in [0.717, 1.165) is 5.82 Å². The standard InChI is InChI=1S/C11H13N7/c1-7(11-17-15-6-18(11)2)16-10-9(13)3-8(4-12)5-14-10/h3,5-7H,13H2,1-2H3,(H,14,16). The summed E-state index contributed by atoms with van der Waals surface area (Å²) in [6.07, 6.45) is 3.10. The van der Waals surface area contributed by atoms with E-state index in [9.17, 15) is 0 Å². The molecule has 0 saturated heterocycles. The van der Waals surface area contributed by atoms with Crippen LogP contribution in [0.2, 0.25) is 0 Å². The van der Waals surface area contributed by atoms with Gasteiger partial charge in [-0.2, -0.15) is 5.26 Å². The van der Waals surface area contributed by atoms with Crippen molar-refractivity contribution in [2.24, 2.45) is 7.05 Å². The van der Waals surface area contributed by atoms with Crippen molar-refractivity contribution in [1.29, 1.82) is 5.26 Å². The van der Waals surface area contributed by atoms with Crippen LogP contribution in [0.15, 0.2) is 18.6 Å². The Hall–Kier alpha value is -2.62. The Kier molecular flexibility index (Phi) is 3.10. The predicted molar refractivity (Wildman–Crippen MR) is 66.4 cm³/mol. The second-order valence-electron chi connectivity index (χ2n) is 3.94. The highest BCUT2D eigenvalue weighted by molar-refractivity contribution is 5.63. The Morgan fingerprint density at radius 3 is 2.89 bits per heavy atom. The molecule has 0 amide bonds. The van der Waals surface area contributed by atoms with Gasteiger partial charge in [0, 0.05) is 13.2 Å². The van der Waals surface area contributed by atoms with E-state index in [2.05, 4.69) is 20.5 Å². The van der Waals surface area contributed by atoms with Crippen molar-refractivity contribution in [3.8, 4) is 6.07 Å². The number of pyridine rings is 1. The smallest absolute Gasteiger partial charge is 0.154 e. The lowest BCUT2D eigenvalue weighted by Gasteiger charge is -2.14. The topological polar surface area (TPSA) is 105 Å². The molecule has 3 N–H and O–H groups in total. The molecule has 0 aliphatic rings. The van der Waals surface area contributed by atoms with Crippen LogP contribution in [0, 0.1) is 11.3 Å². The SMILES string of the molecule is CC(Nc1ncc(C#N)cc1N)c1nncn1C. The largest absolute Gasteiger partial charge is 0.396 e. The van der Waals surface area contributed by atoms with Gasteiger partial charge < -0.3 is 15.6 Å². The number of nitrogens with zero attached hydrogens (tertiary/aromatic N) is 5. The zero-order chi connectivity index (χ0) is 13.1. The molecule has 1 atom stereocenters. The van der Waals surface area contributed by atoms with Crippen molar-refractivity contribution in [1.82, 2.24) is 19.7 Å². The molecule has 2 aromatic heterocycles. The van der Waals surface area contributed by atoms with E-state index in [0.29, 0.717) is 17.1 Å². The molecule has 0 bridgehead atoms. The molecule has 0 saturated carbocycles. The summed E-state index contributed by atoms with van der Waals surface area (Å²) < 4.78 is 1.82. The lowest BCUT2D eigenvalue weighted by atomic mass is 10.2. The first-order chi connectivity index (χ1) is 8.61. The van der Waals surface area contributed by atoms with Gasteiger partial charge >= 0.3 is 0 Å². The van der Waals surface area contributed by atoms with Gasteiger partial charge in [-0.1, -0.05) is 0 Å². The molecule has 2 aromatic rings. The van der Waals surface area contributed by atoms with E-state index in [-0.39, 0.29) is 6.04 Å². The van der Waals surface area contributed by atoms with Crippen molar-refractivity contribution in [3.05, 3.63) is 30.0 Å². The highest BCUT2D eigenvalue weighted by atomic mass is 15.3. The summed E-state index contributed by atoms with van der Waals surface area (Å²) in [4.78, 5) is 4.11. The summed E-state index contributed by atoms with van der Waals surface area (Å²) in [5, 5.41) is 19.7. The van der Waals surface area contributed by atoms with Gasteiger partial charge in [-0.15, -0.1) is 10.2 Å². The highest BCUT2D eigenvalue weighted by Crippen LogP contribution is 2.21. The van der Waals surface area contributed by atoms with Crippen LogP contribution in [0.5, 0.6) is 0 Å². The summed E-state index contributed by atoms with van der Waals surface area (Å²) in [7, 11) is 1.86. The number of anilines is 2. The fourth-order valence-electron chi connectivity index (χ4n) is 1.62. The van der Waals surface area contributed by atoms with Crippen LogP contribution in [0.1, 0.15) is 24.4 Å². The molecule has 18 heavy (non-hydrogen) atoms. The van der Waals surface area contributed by atoms with Crippen LogP contribution in [-0.2, 0) is 7.05 Å². The van der Waals surface area contributed by atoms with Gasteiger partial charge in [-0.05, 0) is 13.0 Å². The molecule has 0 fully saturated rings. The van der Waals surface area contributed by atoms with Gasteiger partial charge in [-0.3, -0.25) is 0 Å². The van der Waals surface area contributed by atoms with Gasteiger partial charge in [0.1, 0.15) is 18.2 Å². The van der Waals surface area contributed by atoms with E-state index in [1.807, 2.05) is 24.6 Å². The van der Waals surface area contributed by atoms with Crippen molar-refractivity contribution in [2.45, 2.75) is 13.0 Å². The number of nitrogens with two attached hydrogens (primary N) is 1. The first-order valence-corrected chi connectivity index (χ1v) is 5.38. The Morgan fingerprint density at radius 2 is 2.33 bits per heavy atom. The van der Waals surface area contributed by atoms with Crippen molar-refractivity contribution in [3.63, 3.8) is 0 Å². The van der Waals surface area contributed by atoms with Crippen LogP contribution in [0.3, 0.4) is 0 Å². The molecule has 92 valence electrons. The number of nitriles is 1. The van der Waals surface area contributed by atoms with Crippen molar-refractivity contribution in [2.75, 3.05) is 11.1 Å². The molecular formula is C11H13N7. The summed E-state index contributed by atoms with van der Waals surface area (Å²) in [5.41, 5.74) is 6.69. The normalized spacial score (nSPS) is 11.8. The lowest BCUT2D eigenvalue weighted by Crippen LogP contribution is -2.14. The van der Waals surface area contributed by atoms with E-state index in [1.165, 1.54) is 6.20 Å². The Balaban J connectivity index is 2.20.